The van der Waals surface area contributed by atoms with Gasteiger partial charge in [-0.15, -0.1) is 5.92 Å². The first-order chi connectivity index (χ1) is 4.91. The molecular weight excluding hydrogens is 156 g/mol. The second-order valence-corrected chi connectivity index (χ2v) is 3.33. The normalized spacial score (nSPS) is 8.60. The highest BCUT2D eigenvalue weighted by atomic mass is 35.5. The van der Waals surface area contributed by atoms with Crippen LogP contribution in [0.3, 0.4) is 0 Å². The van der Waals surface area contributed by atoms with Crippen molar-refractivity contribution in [3.63, 3.8) is 0 Å². The maximum absolute atomic E-state index is 5.49. The lowest BCUT2D eigenvalue weighted by Crippen LogP contribution is -1.68. The predicted molar refractivity (Wildman–Crippen MR) is 48.0 cm³/mol. The molecule has 0 spiro atoms. The molecular formula is C8H11ClMg. The van der Waals surface area contributed by atoms with Crippen LogP contribution in [-0.4, -0.2) is 19.3 Å². The minimum absolute atomic E-state index is 0.538. The maximum Gasteiger partial charge on any atom is 0.598 e. The fourth-order valence-electron chi connectivity index (χ4n) is 0.576. The highest BCUT2D eigenvalue weighted by molar-refractivity contribution is 6.98. The van der Waals surface area contributed by atoms with Gasteiger partial charge in [-0.1, -0.05) is 19.1 Å². The van der Waals surface area contributed by atoms with Crippen molar-refractivity contribution in [3.05, 3.63) is 12.2 Å². The lowest BCUT2D eigenvalue weighted by atomic mass is 10.3. The van der Waals surface area contributed by atoms with Gasteiger partial charge in [-0.25, -0.2) is 4.05 Å². The second kappa shape index (κ2) is 9.36. The van der Waals surface area contributed by atoms with Gasteiger partial charge < -0.3 is 9.07 Å². The Morgan fingerprint density at radius 3 is 2.90 bits per heavy atom. The van der Waals surface area contributed by atoms with Gasteiger partial charge in [0.25, 0.3) is 0 Å². The van der Waals surface area contributed by atoms with Crippen molar-refractivity contribution < 1.29 is 0 Å². The molecule has 0 N–H and O–H groups in total. The van der Waals surface area contributed by atoms with E-state index in [1.165, 1.54) is 0 Å². The van der Waals surface area contributed by atoms with E-state index in [1.807, 2.05) is 0 Å². The molecule has 0 nitrogen and oxygen atoms in total. The van der Waals surface area contributed by atoms with E-state index in [2.05, 4.69) is 29.0 Å². The van der Waals surface area contributed by atoms with Crippen LogP contribution in [0.1, 0.15) is 26.2 Å². The van der Waals surface area contributed by atoms with Gasteiger partial charge >= 0.3 is 19.3 Å². The monoisotopic (exact) mass is 166 g/mol. The van der Waals surface area contributed by atoms with Gasteiger partial charge in [0.15, 0.2) is 0 Å². The zero-order chi connectivity index (χ0) is 7.66. The third-order valence-corrected chi connectivity index (χ3v) is 1.81. The molecule has 10 heavy (non-hydrogen) atoms. The third-order valence-electron chi connectivity index (χ3n) is 1.03. The Hall–Kier alpha value is 0.356. The van der Waals surface area contributed by atoms with Crippen molar-refractivity contribution in [2.45, 2.75) is 26.2 Å². The molecule has 0 amide bonds. The van der Waals surface area contributed by atoms with Crippen molar-refractivity contribution in [1.82, 2.24) is 0 Å². The van der Waals surface area contributed by atoms with Crippen LogP contribution >= 0.6 is 9.07 Å². The van der Waals surface area contributed by atoms with E-state index in [1.54, 1.807) is 0 Å². The largest absolute Gasteiger partial charge is 0.598 e. The number of halogens is 1. The molecule has 0 rings (SSSR count). The van der Waals surface area contributed by atoms with E-state index in [-0.39, 0.29) is 0 Å². The summed E-state index contributed by atoms with van der Waals surface area (Å²) < 4.78 is 2.95. The molecule has 0 saturated heterocycles. The highest BCUT2D eigenvalue weighted by Gasteiger charge is 1.76. The van der Waals surface area contributed by atoms with Crippen LogP contribution in [0, 0.1) is 9.97 Å². The second-order valence-electron chi connectivity index (χ2n) is 1.91. The molecule has 0 aromatic heterocycles. The van der Waals surface area contributed by atoms with Crippen molar-refractivity contribution in [2.24, 2.45) is 0 Å². The Labute approximate surface area is 76.5 Å². The molecule has 0 unspecified atom stereocenters. The number of hydrogen-bond acceptors (Lipinski definition) is 0. The fraction of sp³-hybridized carbons (Fsp3) is 0.500. The minimum atomic E-state index is -0.538. The zero-order valence-corrected chi connectivity index (χ0v) is 8.53. The van der Waals surface area contributed by atoms with Gasteiger partial charge in [-0.2, -0.15) is 0 Å². The molecule has 0 atom stereocenters. The van der Waals surface area contributed by atoms with Gasteiger partial charge in [0, 0.05) is 6.42 Å². The van der Waals surface area contributed by atoms with Crippen LogP contribution < -0.4 is 0 Å². The first-order valence-corrected chi connectivity index (χ1v) is 6.43. The maximum atomic E-state index is 5.49. The zero-order valence-electron chi connectivity index (χ0n) is 6.36. The van der Waals surface area contributed by atoms with Gasteiger partial charge in [0.2, 0.25) is 0 Å². The summed E-state index contributed by atoms with van der Waals surface area (Å²) in [7, 11) is 5.49. The first kappa shape index (κ1) is 10.4. The third kappa shape index (κ3) is 8.36. The van der Waals surface area contributed by atoms with E-state index < -0.39 is 19.3 Å². The minimum Gasteiger partial charge on any atom is -0.316 e. The first-order valence-electron chi connectivity index (χ1n) is 3.58. The summed E-state index contributed by atoms with van der Waals surface area (Å²) in [6.45, 7) is 2.13. The van der Waals surface area contributed by atoms with Gasteiger partial charge in [-0.3, -0.25) is 0 Å². The van der Waals surface area contributed by atoms with E-state index in [9.17, 15) is 0 Å². The summed E-state index contributed by atoms with van der Waals surface area (Å²) in [6, 6.07) is 0. The number of rotatable bonds is 3. The Kier molecular flexibility index (Phi) is 9.69. The molecule has 0 aliphatic rings. The van der Waals surface area contributed by atoms with E-state index in [0.717, 1.165) is 19.3 Å². The summed E-state index contributed by atoms with van der Waals surface area (Å²) in [5.41, 5.74) is 0. The summed E-state index contributed by atoms with van der Waals surface area (Å²) in [5.74, 6) is 3.02. The number of unbranched alkanes of at least 4 members (excludes halogenated alkanes) is 1. The molecule has 0 aliphatic carbocycles. The summed E-state index contributed by atoms with van der Waals surface area (Å²) in [4.78, 5) is 0. The lowest BCUT2D eigenvalue weighted by Gasteiger charge is -1.81. The smallest absolute Gasteiger partial charge is 0.316 e. The van der Waals surface area contributed by atoms with Crippen molar-refractivity contribution >= 4 is 28.3 Å². The molecule has 0 radical (unpaired) electrons. The average Bonchev–Trinajstić information content (AvgIpc) is 1.97. The van der Waals surface area contributed by atoms with Gasteiger partial charge in [0.1, 0.15) is 0 Å². The Balaban J connectivity index is 3.12. The molecule has 0 fully saturated rings. The molecule has 0 bridgehead atoms. The summed E-state index contributed by atoms with van der Waals surface area (Å²) in [5, 5.41) is 0. The van der Waals surface area contributed by atoms with Crippen molar-refractivity contribution in [3.8, 4) is 9.97 Å². The van der Waals surface area contributed by atoms with Crippen LogP contribution in [0.5, 0.6) is 0 Å². The quantitative estimate of drug-likeness (QED) is 0.262. The lowest BCUT2D eigenvalue weighted by molar-refractivity contribution is 1.07. The van der Waals surface area contributed by atoms with Crippen LogP contribution in [-0.2, 0) is 0 Å². The average molecular weight is 167 g/mol. The van der Waals surface area contributed by atoms with Crippen LogP contribution in [0.15, 0.2) is 12.2 Å². The standard InChI is InChI=1S/C8H11.ClH.Mg/c1-3-5-7-8-6-4-2;;/h5,7H,3,6,8H2,1H3;1H;/q;;+1/p-1. The molecule has 0 saturated carbocycles. The Bertz CT molecular complexity index is 141. The highest BCUT2D eigenvalue weighted by Crippen LogP contribution is 1.89. The molecule has 0 aromatic rings. The topological polar surface area (TPSA) is 0 Å². The molecule has 0 heterocycles. The van der Waals surface area contributed by atoms with Crippen molar-refractivity contribution in [1.29, 1.82) is 0 Å². The van der Waals surface area contributed by atoms with Crippen molar-refractivity contribution in [2.75, 3.05) is 0 Å². The predicted octanol–water partition coefficient (Wildman–Crippen LogP) is 2.55. The Morgan fingerprint density at radius 2 is 2.30 bits per heavy atom. The molecule has 2 heteroatoms. The van der Waals surface area contributed by atoms with Gasteiger partial charge in [0.05, 0.1) is 0 Å². The van der Waals surface area contributed by atoms with Crippen LogP contribution in [0.4, 0.5) is 0 Å². The molecule has 0 aliphatic heterocycles. The van der Waals surface area contributed by atoms with Crippen LogP contribution in [0.2, 0.25) is 0 Å². The Morgan fingerprint density at radius 1 is 1.50 bits per heavy atom. The fourth-order valence-corrected chi connectivity index (χ4v) is 1.13. The van der Waals surface area contributed by atoms with Crippen LogP contribution in [0.25, 0.3) is 0 Å². The van der Waals surface area contributed by atoms with Gasteiger partial charge in [-0.05, 0) is 12.8 Å². The summed E-state index contributed by atoms with van der Waals surface area (Å²) >= 11 is -0.538. The number of allylic oxidation sites excluding steroid dienone is 2. The summed E-state index contributed by atoms with van der Waals surface area (Å²) in [6.07, 6.45) is 7.50. The SMILES string of the molecule is CCC=CCCC#[C][Mg][Cl]. The molecule has 52 valence electrons. The van der Waals surface area contributed by atoms with E-state index in [4.69, 9.17) is 9.07 Å². The van der Waals surface area contributed by atoms with E-state index in [0.29, 0.717) is 0 Å². The van der Waals surface area contributed by atoms with E-state index >= 15 is 0 Å². The molecule has 0 aromatic carbocycles. The number of hydrogen-bond donors (Lipinski definition) is 0.